The molecule has 0 saturated heterocycles. The number of hydrogen-bond donors (Lipinski definition) is 1. The Morgan fingerprint density at radius 2 is 2.08 bits per heavy atom. The number of amides is 3. The molecule has 0 spiro atoms. The molecule has 3 heterocycles. The molecule has 0 aliphatic carbocycles. The van der Waals surface area contributed by atoms with Crippen molar-refractivity contribution in [3.8, 4) is 0 Å². The molecule has 0 aromatic carbocycles. The third kappa shape index (κ3) is 3.17. The topological polar surface area (TPSA) is 91.3 Å². The van der Waals surface area contributed by atoms with Crippen LogP contribution < -0.4 is 5.32 Å². The van der Waals surface area contributed by atoms with E-state index in [9.17, 15) is 9.59 Å². The van der Waals surface area contributed by atoms with Gasteiger partial charge in [0.25, 0.3) is 5.91 Å². The van der Waals surface area contributed by atoms with Gasteiger partial charge in [0, 0.05) is 45.8 Å². The maximum Gasteiger partial charge on any atom is 0.319 e. The SMILES string of the molecule is CN(C)C(=O)N1CCc2c(cncc2C(=O)Nc2ccncn2)C1. The van der Waals surface area contributed by atoms with Crippen molar-refractivity contribution in [2.45, 2.75) is 13.0 Å². The van der Waals surface area contributed by atoms with E-state index in [0.29, 0.717) is 30.9 Å². The highest BCUT2D eigenvalue weighted by Gasteiger charge is 2.25. The molecule has 0 saturated carbocycles. The van der Waals surface area contributed by atoms with Gasteiger partial charge in [-0.1, -0.05) is 0 Å². The molecule has 8 heteroatoms. The van der Waals surface area contributed by atoms with Crippen LogP contribution in [0.15, 0.2) is 31.0 Å². The van der Waals surface area contributed by atoms with Crippen LogP contribution in [0.5, 0.6) is 0 Å². The Hall–Kier alpha value is -3.03. The summed E-state index contributed by atoms with van der Waals surface area (Å²) in [5.41, 5.74) is 2.34. The minimum atomic E-state index is -0.259. The van der Waals surface area contributed by atoms with Gasteiger partial charge >= 0.3 is 6.03 Å². The van der Waals surface area contributed by atoms with E-state index in [-0.39, 0.29) is 11.9 Å². The highest BCUT2D eigenvalue weighted by Crippen LogP contribution is 2.22. The van der Waals surface area contributed by atoms with Crippen molar-refractivity contribution >= 4 is 17.8 Å². The van der Waals surface area contributed by atoms with Gasteiger partial charge in [-0.15, -0.1) is 0 Å². The van der Waals surface area contributed by atoms with Crippen molar-refractivity contribution in [2.75, 3.05) is 26.0 Å². The number of aromatic nitrogens is 3. The summed E-state index contributed by atoms with van der Waals surface area (Å²) in [4.78, 5) is 39.9. The number of anilines is 1. The fraction of sp³-hybridized carbons (Fsp3) is 0.312. The van der Waals surface area contributed by atoms with E-state index in [1.165, 1.54) is 6.33 Å². The maximum absolute atomic E-state index is 12.5. The zero-order valence-electron chi connectivity index (χ0n) is 13.6. The fourth-order valence-electron chi connectivity index (χ4n) is 2.68. The van der Waals surface area contributed by atoms with Crippen LogP contribution in [0.4, 0.5) is 10.6 Å². The fourth-order valence-corrected chi connectivity index (χ4v) is 2.68. The first-order chi connectivity index (χ1) is 11.6. The van der Waals surface area contributed by atoms with Gasteiger partial charge < -0.3 is 15.1 Å². The van der Waals surface area contributed by atoms with Crippen LogP contribution in [-0.4, -0.2) is 57.3 Å². The Morgan fingerprint density at radius 3 is 2.79 bits per heavy atom. The second-order valence-electron chi connectivity index (χ2n) is 5.72. The van der Waals surface area contributed by atoms with E-state index in [2.05, 4.69) is 20.3 Å². The molecule has 1 aliphatic rings. The predicted molar refractivity (Wildman–Crippen MR) is 87.4 cm³/mol. The summed E-state index contributed by atoms with van der Waals surface area (Å²) in [6.07, 6.45) is 6.82. The average molecular weight is 326 g/mol. The molecule has 3 amide bonds. The zero-order chi connectivity index (χ0) is 17.1. The van der Waals surface area contributed by atoms with Crippen molar-refractivity contribution in [3.63, 3.8) is 0 Å². The van der Waals surface area contributed by atoms with Gasteiger partial charge in [-0.05, 0) is 23.6 Å². The highest BCUT2D eigenvalue weighted by atomic mass is 16.2. The zero-order valence-corrected chi connectivity index (χ0v) is 13.6. The first kappa shape index (κ1) is 15.9. The molecular formula is C16H18N6O2. The molecule has 3 rings (SSSR count). The van der Waals surface area contributed by atoms with Crippen molar-refractivity contribution in [1.29, 1.82) is 0 Å². The smallest absolute Gasteiger partial charge is 0.319 e. The van der Waals surface area contributed by atoms with Gasteiger partial charge in [0.15, 0.2) is 0 Å². The van der Waals surface area contributed by atoms with E-state index in [1.54, 1.807) is 48.6 Å². The summed E-state index contributed by atoms with van der Waals surface area (Å²) < 4.78 is 0. The van der Waals surface area contributed by atoms with Crippen LogP contribution >= 0.6 is 0 Å². The number of rotatable bonds is 2. The van der Waals surface area contributed by atoms with E-state index < -0.39 is 0 Å². The Kier molecular flexibility index (Phi) is 4.37. The van der Waals surface area contributed by atoms with Gasteiger partial charge in [-0.3, -0.25) is 9.78 Å². The molecule has 2 aromatic heterocycles. The quantitative estimate of drug-likeness (QED) is 0.894. The number of fused-ring (bicyclic) bond motifs is 1. The molecule has 0 fully saturated rings. The second-order valence-corrected chi connectivity index (χ2v) is 5.72. The summed E-state index contributed by atoms with van der Waals surface area (Å²) in [5, 5.41) is 2.74. The van der Waals surface area contributed by atoms with Crippen LogP contribution in [0, 0.1) is 0 Å². The molecule has 1 N–H and O–H groups in total. The minimum Gasteiger partial charge on any atom is -0.331 e. The third-order valence-corrected chi connectivity index (χ3v) is 3.86. The number of pyridine rings is 1. The Morgan fingerprint density at radius 1 is 1.25 bits per heavy atom. The molecule has 0 radical (unpaired) electrons. The average Bonchev–Trinajstić information content (AvgIpc) is 2.60. The predicted octanol–water partition coefficient (Wildman–Crippen LogP) is 1.16. The van der Waals surface area contributed by atoms with Crippen LogP contribution in [0.3, 0.4) is 0 Å². The molecule has 0 unspecified atom stereocenters. The molecule has 1 aliphatic heterocycles. The Balaban J connectivity index is 1.81. The normalized spacial score (nSPS) is 13.2. The summed E-state index contributed by atoms with van der Waals surface area (Å²) >= 11 is 0. The molecule has 2 aromatic rings. The molecular weight excluding hydrogens is 308 g/mol. The summed E-state index contributed by atoms with van der Waals surface area (Å²) in [5.74, 6) is 0.179. The van der Waals surface area contributed by atoms with Gasteiger partial charge in [-0.2, -0.15) is 0 Å². The molecule has 8 nitrogen and oxygen atoms in total. The molecule has 24 heavy (non-hydrogen) atoms. The maximum atomic E-state index is 12.5. The Labute approximate surface area is 139 Å². The van der Waals surface area contributed by atoms with Crippen LogP contribution in [0.25, 0.3) is 0 Å². The van der Waals surface area contributed by atoms with Crippen molar-refractivity contribution in [2.24, 2.45) is 0 Å². The van der Waals surface area contributed by atoms with E-state index in [0.717, 1.165) is 11.1 Å². The first-order valence-electron chi connectivity index (χ1n) is 7.55. The number of nitrogens with one attached hydrogen (secondary N) is 1. The third-order valence-electron chi connectivity index (χ3n) is 3.86. The molecule has 124 valence electrons. The lowest BCUT2D eigenvalue weighted by atomic mass is 9.97. The van der Waals surface area contributed by atoms with Gasteiger partial charge in [-0.25, -0.2) is 14.8 Å². The van der Waals surface area contributed by atoms with Crippen LogP contribution in [-0.2, 0) is 13.0 Å². The lowest BCUT2D eigenvalue weighted by Gasteiger charge is -2.31. The molecule has 0 atom stereocenters. The summed E-state index contributed by atoms with van der Waals surface area (Å²) in [6, 6.07) is 1.58. The van der Waals surface area contributed by atoms with Crippen molar-refractivity contribution in [1.82, 2.24) is 24.8 Å². The van der Waals surface area contributed by atoms with Crippen molar-refractivity contribution in [3.05, 3.63) is 47.7 Å². The first-order valence-corrected chi connectivity index (χ1v) is 7.55. The number of nitrogens with zero attached hydrogens (tertiary/aromatic N) is 5. The second kappa shape index (κ2) is 6.61. The van der Waals surface area contributed by atoms with E-state index in [1.807, 2.05) is 0 Å². The van der Waals surface area contributed by atoms with Gasteiger partial charge in [0.1, 0.15) is 12.1 Å². The summed E-state index contributed by atoms with van der Waals surface area (Å²) in [7, 11) is 3.45. The minimum absolute atomic E-state index is 0.0449. The van der Waals surface area contributed by atoms with Crippen LogP contribution in [0.1, 0.15) is 21.5 Å². The van der Waals surface area contributed by atoms with Gasteiger partial charge in [0.2, 0.25) is 0 Å². The number of carbonyl (C=O) groups excluding carboxylic acids is 2. The summed E-state index contributed by atoms with van der Waals surface area (Å²) in [6.45, 7) is 1.02. The lowest BCUT2D eigenvalue weighted by molar-refractivity contribution is 0.102. The largest absolute Gasteiger partial charge is 0.331 e. The lowest BCUT2D eigenvalue weighted by Crippen LogP contribution is -2.42. The standard InChI is InChI=1S/C16H18N6O2/c1-21(2)16(24)22-6-4-12-11(9-22)7-18-8-13(12)15(23)20-14-3-5-17-10-19-14/h3,5,7-8,10H,4,6,9H2,1-2H3,(H,17,19,20,23). The number of carbonyl (C=O) groups is 2. The monoisotopic (exact) mass is 326 g/mol. The van der Waals surface area contributed by atoms with Crippen LogP contribution in [0.2, 0.25) is 0 Å². The van der Waals surface area contributed by atoms with E-state index >= 15 is 0 Å². The Bertz CT molecular complexity index is 762. The molecule has 0 bridgehead atoms. The number of urea groups is 1. The van der Waals surface area contributed by atoms with Crippen molar-refractivity contribution < 1.29 is 9.59 Å². The number of hydrogen-bond acceptors (Lipinski definition) is 5. The van der Waals surface area contributed by atoms with Gasteiger partial charge in [0.05, 0.1) is 5.56 Å². The highest BCUT2D eigenvalue weighted by molar-refractivity contribution is 6.04. The van der Waals surface area contributed by atoms with E-state index in [4.69, 9.17) is 0 Å².